The number of allylic oxidation sites excluding steroid dienone is 3. The second-order valence-electron chi connectivity index (χ2n) is 6.64. The highest BCUT2D eigenvalue weighted by molar-refractivity contribution is 6.30. The van der Waals surface area contributed by atoms with Crippen LogP contribution in [0.1, 0.15) is 11.1 Å². The van der Waals surface area contributed by atoms with Gasteiger partial charge in [0.25, 0.3) is 0 Å². The van der Waals surface area contributed by atoms with Crippen molar-refractivity contribution in [3.8, 4) is 17.2 Å². The molecule has 3 aromatic carbocycles. The summed E-state index contributed by atoms with van der Waals surface area (Å²) in [7, 11) is 0. The summed E-state index contributed by atoms with van der Waals surface area (Å²) in [5.74, 6) is 0.401. The third-order valence-corrected chi connectivity index (χ3v) is 4.42. The van der Waals surface area contributed by atoms with Crippen molar-refractivity contribution in [2.45, 2.75) is 12.5 Å². The molecule has 0 saturated carbocycles. The first kappa shape index (κ1) is 24.3. The van der Waals surface area contributed by atoms with E-state index in [0.29, 0.717) is 22.1 Å². The maximum absolute atomic E-state index is 13.5. The number of hydrogen-bond donors (Lipinski definition) is 0. The van der Waals surface area contributed by atoms with E-state index in [1.165, 1.54) is 12.2 Å². The Kier molecular flexibility index (Phi) is 7.38. The number of hydrogen-bond acceptors (Lipinski definition) is 2. The summed E-state index contributed by atoms with van der Waals surface area (Å²) in [4.78, 5) is 0. The highest BCUT2D eigenvalue weighted by Crippen LogP contribution is 2.35. The summed E-state index contributed by atoms with van der Waals surface area (Å²) in [6.07, 6.45) is -6.17. The van der Waals surface area contributed by atoms with Crippen LogP contribution in [-0.4, -0.2) is 12.5 Å². The number of ether oxygens (including phenoxy) is 2. The molecule has 0 radical (unpaired) electrons. The van der Waals surface area contributed by atoms with Crippen LogP contribution in [0.3, 0.4) is 0 Å². The van der Waals surface area contributed by atoms with E-state index >= 15 is 0 Å². The molecule has 0 bridgehead atoms. The summed E-state index contributed by atoms with van der Waals surface area (Å²) in [5, 5.41) is 0.550. The van der Waals surface area contributed by atoms with Crippen molar-refractivity contribution in [3.63, 3.8) is 0 Å². The summed E-state index contributed by atoms with van der Waals surface area (Å²) in [6.45, 7) is 0. The van der Waals surface area contributed by atoms with E-state index in [9.17, 15) is 26.3 Å². The van der Waals surface area contributed by atoms with Crippen molar-refractivity contribution >= 4 is 23.3 Å². The molecule has 0 amide bonds. The van der Waals surface area contributed by atoms with Gasteiger partial charge in [-0.05, 0) is 65.7 Å². The molecule has 0 aliphatic heterocycles. The fourth-order valence-electron chi connectivity index (χ4n) is 2.77. The second kappa shape index (κ2) is 10.0. The molecule has 2 nitrogen and oxygen atoms in total. The lowest BCUT2D eigenvalue weighted by atomic mass is 10.0. The number of alkyl halides is 6. The zero-order valence-corrected chi connectivity index (χ0v) is 17.4. The molecule has 0 saturated heterocycles. The fraction of sp³-hybridized carbons (Fsp3) is 0.0833. The van der Waals surface area contributed by atoms with Crippen molar-refractivity contribution in [2.24, 2.45) is 0 Å². The number of rotatable bonds is 6. The molecule has 33 heavy (non-hydrogen) atoms. The molecule has 0 fully saturated rings. The molecule has 172 valence electrons. The minimum absolute atomic E-state index is 0.304. The highest BCUT2D eigenvalue weighted by Gasteiger charge is 2.35. The third-order valence-electron chi connectivity index (χ3n) is 4.16. The molecule has 0 N–H and O–H groups in total. The van der Waals surface area contributed by atoms with E-state index in [2.05, 4.69) is 4.74 Å². The minimum atomic E-state index is -4.93. The van der Waals surface area contributed by atoms with E-state index in [1.54, 1.807) is 48.5 Å². The molecule has 0 spiro atoms. The molecule has 0 heterocycles. The topological polar surface area (TPSA) is 18.5 Å². The van der Waals surface area contributed by atoms with Crippen molar-refractivity contribution < 1.29 is 35.8 Å². The van der Waals surface area contributed by atoms with Gasteiger partial charge in [0.05, 0.1) is 5.57 Å². The molecule has 9 heteroatoms. The number of benzene rings is 3. The number of halogens is 7. The van der Waals surface area contributed by atoms with Gasteiger partial charge >= 0.3 is 12.5 Å². The lowest BCUT2D eigenvalue weighted by molar-refractivity contribution is -0.274. The normalized spacial score (nSPS) is 12.8. The molecule has 0 atom stereocenters. The Hall–Kier alpha value is -3.39. The van der Waals surface area contributed by atoms with Crippen molar-refractivity contribution in [1.82, 2.24) is 0 Å². The van der Waals surface area contributed by atoms with Crippen LogP contribution in [0.5, 0.6) is 17.2 Å². The van der Waals surface area contributed by atoms with Gasteiger partial charge in [0.1, 0.15) is 17.2 Å². The van der Waals surface area contributed by atoms with E-state index in [-0.39, 0.29) is 5.56 Å². The zero-order valence-electron chi connectivity index (χ0n) is 16.6. The Labute approximate surface area is 190 Å². The monoisotopic (exact) mass is 484 g/mol. The maximum Gasteiger partial charge on any atom is 0.573 e. The Balaban J connectivity index is 1.78. The first-order chi connectivity index (χ1) is 15.5. The van der Waals surface area contributed by atoms with Gasteiger partial charge in [-0.2, -0.15) is 13.2 Å². The predicted molar refractivity (Wildman–Crippen MR) is 114 cm³/mol. The van der Waals surface area contributed by atoms with Crippen molar-refractivity contribution in [3.05, 3.63) is 101 Å². The van der Waals surface area contributed by atoms with E-state index in [4.69, 9.17) is 16.3 Å². The van der Waals surface area contributed by atoms with Gasteiger partial charge in [0.2, 0.25) is 0 Å². The van der Waals surface area contributed by atoms with E-state index in [1.807, 2.05) is 0 Å². The Morgan fingerprint density at radius 3 is 2.00 bits per heavy atom. The largest absolute Gasteiger partial charge is 0.573 e. The van der Waals surface area contributed by atoms with Crippen LogP contribution >= 0.6 is 11.6 Å². The van der Waals surface area contributed by atoms with Crippen LogP contribution in [-0.2, 0) is 0 Å². The smallest absolute Gasteiger partial charge is 0.457 e. The molecule has 3 aromatic rings. The molecule has 0 aliphatic rings. The van der Waals surface area contributed by atoms with Crippen LogP contribution in [0.4, 0.5) is 26.3 Å². The average molecular weight is 485 g/mol. The summed E-state index contributed by atoms with van der Waals surface area (Å²) in [6, 6.07) is 16.8. The zero-order chi connectivity index (χ0) is 24.1. The lowest BCUT2D eigenvalue weighted by Gasteiger charge is -2.13. The Morgan fingerprint density at radius 2 is 1.39 bits per heavy atom. The van der Waals surface area contributed by atoms with Gasteiger partial charge in [0, 0.05) is 5.02 Å². The Morgan fingerprint density at radius 1 is 0.758 bits per heavy atom. The summed E-state index contributed by atoms with van der Waals surface area (Å²) in [5.41, 5.74) is -0.750. The molecule has 0 aliphatic carbocycles. The highest BCUT2D eigenvalue weighted by atomic mass is 35.5. The van der Waals surface area contributed by atoms with Crippen LogP contribution in [0, 0.1) is 0 Å². The quantitative estimate of drug-likeness (QED) is 0.257. The maximum atomic E-state index is 13.5. The van der Waals surface area contributed by atoms with Crippen LogP contribution in [0.15, 0.2) is 84.9 Å². The first-order valence-electron chi connectivity index (χ1n) is 9.35. The van der Waals surface area contributed by atoms with Gasteiger partial charge in [-0.1, -0.05) is 48.0 Å². The first-order valence-corrected chi connectivity index (χ1v) is 9.73. The molecule has 3 rings (SSSR count). The van der Waals surface area contributed by atoms with E-state index < -0.39 is 23.9 Å². The SMILES string of the molecule is FC(F)(F)Oc1ccc(/C(=C\C=C/c2cccc(Oc3ccc(Cl)cc3)c2)C(F)(F)F)cc1. The fourth-order valence-corrected chi connectivity index (χ4v) is 2.89. The van der Waals surface area contributed by atoms with Gasteiger partial charge in [-0.15, -0.1) is 13.2 Å². The van der Waals surface area contributed by atoms with Crippen LogP contribution < -0.4 is 9.47 Å². The third kappa shape index (κ3) is 7.61. The predicted octanol–water partition coefficient (Wildman–Crippen LogP) is 8.69. The van der Waals surface area contributed by atoms with E-state index in [0.717, 1.165) is 30.3 Å². The van der Waals surface area contributed by atoms with Crippen molar-refractivity contribution in [1.29, 1.82) is 0 Å². The van der Waals surface area contributed by atoms with Gasteiger partial charge in [-0.3, -0.25) is 0 Å². The second-order valence-corrected chi connectivity index (χ2v) is 7.07. The van der Waals surface area contributed by atoms with Gasteiger partial charge in [-0.25, -0.2) is 0 Å². The van der Waals surface area contributed by atoms with Crippen LogP contribution in [0.2, 0.25) is 5.02 Å². The Bertz CT molecular complexity index is 1130. The lowest BCUT2D eigenvalue weighted by Crippen LogP contribution is -2.17. The molecule has 0 unspecified atom stereocenters. The summed E-state index contributed by atoms with van der Waals surface area (Å²) < 4.78 is 86.6. The minimum Gasteiger partial charge on any atom is -0.457 e. The van der Waals surface area contributed by atoms with Crippen LogP contribution in [0.25, 0.3) is 11.6 Å². The average Bonchev–Trinajstić information content (AvgIpc) is 2.72. The molecular formula is C24H15ClF6O2. The standard InChI is InChI=1S/C24H15ClF6O2/c25-18-9-13-19(14-10-18)32-21-5-1-3-16(15-21)4-2-6-22(23(26,27)28)17-7-11-20(12-8-17)33-24(29,30)31/h1-15H/b4-2-,22-6+. The van der Waals surface area contributed by atoms with Gasteiger partial charge in [0.15, 0.2) is 0 Å². The van der Waals surface area contributed by atoms with Crippen molar-refractivity contribution in [2.75, 3.05) is 0 Å². The van der Waals surface area contributed by atoms with Gasteiger partial charge < -0.3 is 9.47 Å². The molecular weight excluding hydrogens is 470 g/mol. The molecule has 0 aromatic heterocycles. The summed E-state index contributed by atoms with van der Waals surface area (Å²) >= 11 is 5.83.